The molecule has 0 aliphatic carbocycles. The van der Waals surface area contributed by atoms with Gasteiger partial charge in [-0.1, -0.05) is 18.5 Å². The molecule has 0 saturated heterocycles. The largest absolute Gasteiger partial charge is 0.321 e. The molecule has 2 heterocycles. The number of anilines is 1. The SMILES string of the molecule is CCc1sc(C2=NSN(C)C(C(=O)Nc3ccc(F)c(Cl)c3)=C2)cc1Br. The summed E-state index contributed by atoms with van der Waals surface area (Å²) in [6.45, 7) is 2.09. The van der Waals surface area contributed by atoms with E-state index in [9.17, 15) is 9.18 Å². The lowest BCUT2D eigenvalue weighted by Crippen LogP contribution is -2.26. The molecule has 0 radical (unpaired) electrons. The van der Waals surface area contributed by atoms with E-state index in [1.807, 2.05) is 6.07 Å². The molecule has 0 spiro atoms. The standard InChI is InChI=1S/C17H14BrClFN3OS2/c1-3-15-10(18)7-16(25-15)13-8-14(23(2)26-22-13)17(24)21-9-4-5-12(20)11(19)6-9/h4-8H,3H2,1-2H3,(H,21,24). The number of allylic oxidation sites excluding steroid dienone is 1. The number of rotatable bonds is 4. The molecule has 0 unspecified atom stereocenters. The Kier molecular flexibility index (Phi) is 6.06. The van der Waals surface area contributed by atoms with Crippen LogP contribution >= 0.6 is 51.0 Å². The van der Waals surface area contributed by atoms with Crippen LogP contribution in [0.3, 0.4) is 0 Å². The highest BCUT2D eigenvalue weighted by molar-refractivity contribution is 9.10. The van der Waals surface area contributed by atoms with Gasteiger partial charge in [-0.15, -0.1) is 11.3 Å². The lowest BCUT2D eigenvalue weighted by Gasteiger charge is -2.22. The topological polar surface area (TPSA) is 44.7 Å². The van der Waals surface area contributed by atoms with Crippen molar-refractivity contribution in [3.05, 3.63) is 61.1 Å². The number of carbonyl (C=O) groups is 1. The monoisotopic (exact) mass is 473 g/mol. The van der Waals surface area contributed by atoms with Crippen molar-refractivity contribution < 1.29 is 9.18 Å². The van der Waals surface area contributed by atoms with Gasteiger partial charge in [0.25, 0.3) is 5.91 Å². The van der Waals surface area contributed by atoms with Crippen molar-refractivity contribution in [3.8, 4) is 0 Å². The Morgan fingerprint density at radius 2 is 2.19 bits per heavy atom. The van der Waals surface area contributed by atoms with Crippen LogP contribution in [-0.4, -0.2) is 23.0 Å². The zero-order valence-corrected chi connectivity index (χ0v) is 17.8. The molecule has 1 aromatic carbocycles. The Labute approximate surface area is 172 Å². The number of hydrogen-bond acceptors (Lipinski definition) is 5. The second-order valence-corrected chi connectivity index (χ2v) is 8.70. The number of thiophene rings is 1. The molecule has 1 amide bonds. The fourth-order valence-corrected chi connectivity index (χ4v) is 4.94. The van der Waals surface area contributed by atoms with Gasteiger partial charge in [-0.3, -0.25) is 9.10 Å². The number of halogens is 3. The van der Waals surface area contributed by atoms with Crippen LogP contribution in [0.15, 0.2) is 44.9 Å². The van der Waals surface area contributed by atoms with Crippen molar-refractivity contribution in [1.29, 1.82) is 0 Å². The maximum atomic E-state index is 13.3. The number of carbonyl (C=O) groups excluding carboxylic acids is 1. The molecule has 3 rings (SSSR count). The minimum absolute atomic E-state index is 0.0408. The first-order valence-electron chi connectivity index (χ1n) is 7.64. The number of likely N-dealkylation sites (N-methyl/N-ethyl adjacent to an activating group) is 1. The van der Waals surface area contributed by atoms with Crippen LogP contribution in [0.1, 0.15) is 16.7 Å². The summed E-state index contributed by atoms with van der Waals surface area (Å²) in [4.78, 5) is 14.9. The Hall–Kier alpha value is -1.35. The van der Waals surface area contributed by atoms with Crippen LogP contribution in [0.5, 0.6) is 0 Å². The average molecular weight is 475 g/mol. The first-order valence-corrected chi connectivity index (χ1v) is 10.4. The number of hydrogen-bond donors (Lipinski definition) is 1. The molecule has 4 nitrogen and oxygen atoms in total. The molecule has 1 aliphatic heterocycles. The maximum absolute atomic E-state index is 13.3. The summed E-state index contributed by atoms with van der Waals surface area (Å²) < 4.78 is 20.4. The van der Waals surface area contributed by atoms with Crippen LogP contribution in [0, 0.1) is 5.82 Å². The first kappa shape index (κ1) is 19.4. The molecular formula is C17H14BrClFN3OS2. The summed E-state index contributed by atoms with van der Waals surface area (Å²) in [6, 6.07) is 6.08. The van der Waals surface area contributed by atoms with E-state index in [4.69, 9.17) is 11.6 Å². The van der Waals surface area contributed by atoms with E-state index in [0.29, 0.717) is 11.4 Å². The van der Waals surface area contributed by atoms with Crippen LogP contribution in [0.4, 0.5) is 10.1 Å². The summed E-state index contributed by atoms with van der Waals surface area (Å²) in [5.74, 6) is -0.847. The van der Waals surface area contributed by atoms with Gasteiger partial charge in [0.2, 0.25) is 0 Å². The van der Waals surface area contributed by atoms with E-state index in [2.05, 4.69) is 32.6 Å². The molecule has 1 aromatic heterocycles. The van der Waals surface area contributed by atoms with Gasteiger partial charge < -0.3 is 5.32 Å². The smallest absolute Gasteiger partial charge is 0.272 e. The maximum Gasteiger partial charge on any atom is 0.272 e. The summed E-state index contributed by atoms with van der Waals surface area (Å²) in [5.41, 5.74) is 1.61. The summed E-state index contributed by atoms with van der Waals surface area (Å²) in [5, 5.41) is 2.69. The van der Waals surface area contributed by atoms with E-state index < -0.39 is 5.82 Å². The number of benzene rings is 1. The van der Waals surface area contributed by atoms with Gasteiger partial charge >= 0.3 is 0 Å². The highest BCUT2D eigenvalue weighted by Crippen LogP contribution is 2.32. The highest BCUT2D eigenvalue weighted by Gasteiger charge is 2.22. The second-order valence-electron chi connectivity index (χ2n) is 5.40. The van der Waals surface area contributed by atoms with Crippen molar-refractivity contribution in [3.63, 3.8) is 0 Å². The summed E-state index contributed by atoms with van der Waals surface area (Å²) in [6.07, 6.45) is 2.67. The van der Waals surface area contributed by atoms with Crippen LogP contribution < -0.4 is 5.32 Å². The van der Waals surface area contributed by atoms with Gasteiger partial charge in [0.15, 0.2) is 0 Å². The summed E-state index contributed by atoms with van der Waals surface area (Å²) >= 11 is 12.2. The van der Waals surface area contributed by atoms with Crippen LogP contribution in [0.2, 0.25) is 5.02 Å². The van der Waals surface area contributed by atoms with E-state index in [-0.39, 0.29) is 10.9 Å². The molecule has 0 atom stereocenters. The van der Waals surface area contributed by atoms with E-state index in [1.54, 1.807) is 28.8 Å². The quantitative estimate of drug-likeness (QED) is 0.579. The highest BCUT2D eigenvalue weighted by atomic mass is 79.9. The summed E-state index contributed by atoms with van der Waals surface area (Å²) in [7, 11) is 1.76. The van der Waals surface area contributed by atoms with Gasteiger partial charge in [0.1, 0.15) is 11.5 Å². The van der Waals surface area contributed by atoms with Gasteiger partial charge in [-0.05, 0) is 52.7 Å². The number of aryl methyl sites for hydroxylation is 1. The third kappa shape index (κ3) is 4.14. The second kappa shape index (κ2) is 8.12. The zero-order chi connectivity index (χ0) is 18.8. The molecule has 0 bridgehead atoms. The first-order chi connectivity index (χ1) is 12.4. The van der Waals surface area contributed by atoms with Crippen molar-refractivity contribution in [2.24, 2.45) is 4.40 Å². The van der Waals surface area contributed by atoms with Gasteiger partial charge in [0.05, 0.1) is 27.7 Å². The normalized spacial score (nSPS) is 14.1. The van der Waals surface area contributed by atoms with Crippen molar-refractivity contribution in [1.82, 2.24) is 4.31 Å². The molecule has 2 aromatic rings. The van der Waals surface area contributed by atoms with E-state index in [0.717, 1.165) is 21.5 Å². The van der Waals surface area contributed by atoms with Crippen LogP contribution in [-0.2, 0) is 11.2 Å². The van der Waals surface area contributed by atoms with Crippen molar-refractivity contribution in [2.45, 2.75) is 13.3 Å². The lowest BCUT2D eigenvalue weighted by atomic mass is 10.2. The Morgan fingerprint density at radius 1 is 1.42 bits per heavy atom. The molecule has 1 aliphatic rings. The third-order valence-corrected chi connectivity index (χ3v) is 6.90. The number of nitrogens with zero attached hydrogens (tertiary/aromatic N) is 2. The van der Waals surface area contributed by atoms with Gasteiger partial charge in [0, 0.05) is 22.1 Å². The van der Waals surface area contributed by atoms with E-state index >= 15 is 0 Å². The Morgan fingerprint density at radius 3 is 2.85 bits per heavy atom. The van der Waals surface area contributed by atoms with Crippen LogP contribution in [0.25, 0.3) is 0 Å². The predicted molar refractivity (Wildman–Crippen MR) is 111 cm³/mol. The number of amides is 1. The van der Waals surface area contributed by atoms with Gasteiger partial charge in [-0.25, -0.2) is 4.39 Å². The number of nitrogens with one attached hydrogen (secondary N) is 1. The molecule has 9 heteroatoms. The fraction of sp³-hybridized carbons (Fsp3) is 0.176. The molecule has 26 heavy (non-hydrogen) atoms. The zero-order valence-electron chi connectivity index (χ0n) is 13.8. The van der Waals surface area contributed by atoms with Crippen molar-refractivity contribution >= 4 is 68.3 Å². The van der Waals surface area contributed by atoms with Gasteiger partial charge in [-0.2, -0.15) is 4.40 Å². The average Bonchev–Trinajstić information content (AvgIpc) is 2.99. The molecule has 0 fully saturated rings. The van der Waals surface area contributed by atoms with E-state index in [1.165, 1.54) is 35.2 Å². The predicted octanol–water partition coefficient (Wildman–Crippen LogP) is 5.69. The molecular weight excluding hydrogens is 461 g/mol. The minimum atomic E-state index is -0.529. The molecule has 136 valence electrons. The Balaban J connectivity index is 1.84. The fourth-order valence-electron chi connectivity index (χ4n) is 2.26. The lowest BCUT2D eigenvalue weighted by molar-refractivity contribution is -0.113. The Bertz CT molecular complexity index is 929. The minimum Gasteiger partial charge on any atom is -0.321 e. The van der Waals surface area contributed by atoms with Crippen molar-refractivity contribution in [2.75, 3.05) is 12.4 Å². The third-order valence-electron chi connectivity index (χ3n) is 3.62. The molecule has 0 saturated carbocycles. The molecule has 1 N–H and O–H groups in total.